The van der Waals surface area contributed by atoms with Gasteiger partial charge in [0.2, 0.25) is 0 Å². The van der Waals surface area contributed by atoms with Gasteiger partial charge in [0.25, 0.3) is 0 Å². The van der Waals surface area contributed by atoms with Crippen molar-refractivity contribution in [1.29, 1.82) is 0 Å². The first-order valence-electron chi connectivity index (χ1n) is 7.34. The molecule has 1 aromatic heterocycles. The highest BCUT2D eigenvalue weighted by Gasteiger charge is 2.16. The number of nitrogens with zero attached hydrogens (tertiary/aromatic N) is 3. The van der Waals surface area contributed by atoms with Gasteiger partial charge in [0.1, 0.15) is 17.5 Å². The lowest BCUT2D eigenvalue weighted by atomic mass is 10.1. The number of aryl methyl sites for hydroxylation is 1. The second kappa shape index (κ2) is 7.31. The SMILES string of the molecule is CCCc1nc(NCC)cc(N(C)C(C)C(C)C)n1. The topological polar surface area (TPSA) is 41.1 Å². The number of aromatic nitrogens is 2. The molecule has 19 heavy (non-hydrogen) atoms. The summed E-state index contributed by atoms with van der Waals surface area (Å²) in [7, 11) is 2.11. The van der Waals surface area contributed by atoms with Gasteiger partial charge in [-0.2, -0.15) is 0 Å². The molecular formula is C15H28N4. The second-order valence-corrected chi connectivity index (χ2v) is 5.40. The highest BCUT2D eigenvalue weighted by molar-refractivity contribution is 5.49. The van der Waals surface area contributed by atoms with Crippen LogP contribution in [0.5, 0.6) is 0 Å². The van der Waals surface area contributed by atoms with E-state index in [1.807, 2.05) is 6.07 Å². The van der Waals surface area contributed by atoms with Gasteiger partial charge < -0.3 is 10.2 Å². The third-order valence-corrected chi connectivity index (χ3v) is 3.53. The van der Waals surface area contributed by atoms with Crippen LogP contribution in [0.2, 0.25) is 0 Å². The van der Waals surface area contributed by atoms with Gasteiger partial charge >= 0.3 is 0 Å². The van der Waals surface area contributed by atoms with Crippen LogP contribution in [0.3, 0.4) is 0 Å². The molecule has 0 radical (unpaired) electrons. The van der Waals surface area contributed by atoms with Gasteiger partial charge in [-0.05, 0) is 26.2 Å². The predicted molar refractivity (Wildman–Crippen MR) is 82.9 cm³/mol. The predicted octanol–water partition coefficient (Wildman–Crippen LogP) is 3.34. The number of nitrogens with one attached hydrogen (secondary N) is 1. The fraction of sp³-hybridized carbons (Fsp3) is 0.733. The second-order valence-electron chi connectivity index (χ2n) is 5.40. The Labute approximate surface area is 117 Å². The average molecular weight is 264 g/mol. The van der Waals surface area contributed by atoms with Gasteiger partial charge in [-0.1, -0.05) is 20.8 Å². The molecule has 0 aliphatic heterocycles. The summed E-state index contributed by atoms with van der Waals surface area (Å²) in [6.45, 7) is 11.8. The van der Waals surface area contributed by atoms with Crippen LogP contribution in [0.25, 0.3) is 0 Å². The third-order valence-electron chi connectivity index (χ3n) is 3.53. The van der Waals surface area contributed by atoms with Crippen molar-refractivity contribution in [3.8, 4) is 0 Å². The fourth-order valence-corrected chi connectivity index (χ4v) is 1.93. The summed E-state index contributed by atoms with van der Waals surface area (Å²) in [6, 6.07) is 2.50. The average Bonchev–Trinajstić information content (AvgIpc) is 2.37. The van der Waals surface area contributed by atoms with Crippen LogP contribution in [-0.4, -0.2) is 29.6 Å². The van der Waals surface area contributed by atoms with Gasteiger partial charge in [0.15, 0.2) is 0 Å². The monoisotopic (exact) mass is 264 g/mol. The van der Waals surface area contributed by atoms with Crippen molar-refractivity contribution in [3.05, 3.63) is 11.9 Å². The van der Waals surface area contributed by atoms with E-state index in [-0.39, 0.29) is 0 Å². The maximum atomic E-state index is 4.68. The van der Waals surface area contributed by atoms with Gasteiger partial charge in [-0.15, -0.1) is 0 Å². The van der Waals surface area contributed by atoms with Gasteiger partial charge in [-0.25, -0.2) is 9.97 Å². The summed E-state index contributed by atoms with van der Waals surface area (Å²) < 4.78 is 0. The lowest BCUT2D eigenvalue weighted by Gasteiger charge is -2.29. The first-order valence-corrected chi connectivity index (χ1v) is 7.34. The molecule has 1 N–H and O–H groups in total. The largest absolute Gasteiger partial charge is 0.370 e. The van der Waals surface area contributed by atoms with Crippen LogP contribution in [0.1, 0.15) is 46.9 Å². The van der Waals surface area contributed by atoms with E-state index >= 15 is 0 Å². The maximum Gasteiger partial charge on any atom is 0.134 e. The number of hydrogen-bond donors (Lipinski definition) is 1. The first kappa shape index (κ1) is 15.7. The minimum Gasteiger partial charge on any atom is -0.370 e. The van der Waals surface area contributed by atoms with E-state index in [4.69, 9.17) is 0 Å². The van der Waals surface area contributed by atoms with E-state index in [9.17, 15) is 0 Å². The highest BCUT2D eigenvalue weighted by atomic mass is 15.2. The molecule has 0 aromatic carbocycles. The fourth-order valence-electron chi connectivity index (χ4n) is 1.93. The summed E-state index contributed by atoms with van der Waals surface area (Å²) in [5.74, 6) is 3.46. The molecule has 108 valence electrons. The molecule has 0 bridgehead atoms. The number of rotatable bonds is 7. The van der Waals surface area contributed by atoms with E-state index in [2.05, 4.69) is 61.9 Å². The lowest BCUT2D eigenvalue weighted by Crippen LogP contribution is -2.34. The molecule has 1 aromatic rings. The lowest BCUT2D eigenvalue weighted by molar-refractivity contribution is 0.502. The zero-order chi connectivity index (χ0) is 14.4. The molecular weight excluding hydrogens is 236 g/mol. The summed E-state index contributed by atoms with van der Waals surface area (Å²) in [5.41, 5.74) is 0. The molecule has 1 unspecified atom stereocenters. The Kier molecular flexibility index (Phi) is 6.06. The van der Waals surface area contributed by atoms with Crippen molar-refractivity contribution >= 4 is 11.6 Å². The zero-order valence-electron chi connectivity index (χ0n) is 13.2. The summed E-state index contributed by atoms with van der Waals surface area (Å²) in [6.07, 6.45) is 1.99. The molecule has 1 heterocycles. The molecule has 4 nitrogen and oxygen atoms in total. The van der Waals surface area contributed by atoms with Crippen molar-refractivity contribution in [2.45, 2.75) is 53.5 Å². The van der Waals surface area contributed by atoms with Crippen LogP contribution in [0.4, 0.5) is 11.6 Å². The molecule has 0 spiro atoms. The van der Waals surface area contributed by atoms with Gasteiger partial charge in [-0.3, -0.25) is 0 Å². The molecule has 0 saturated heterocycles. The van der Waals surface area contributed by atoms with Crippen molar-refractivity contribution in [2.24, 2.45) is 5.92 Å². The molecule has 0 saturated carbocycles. The summed E-state index contributed by atoms with van der Waals surface area (Å²) in [4.78, 5) is 11.5. The van der Waals surface area contributed by atoms with E-state index in [0.29, 0.717) is 12.0 Å². The Morgan fingerprint density at radius 2 is 1.89 bits per heavy atom. The Morgan fingerprint density at radius 1 is 1.21 bits per heavy atom. The van der Waals surface area contributed by atoms with E-state index in [1.54, 1.807) is 0 Å². The van der Waals surface area contributed by atoms with E-state index in [1.165, 1.54) is 0 Å². The molecule has 0 aliphatic carbocycles. The number of anilines is 2. The maximum absolute atomic E-state index is 4.68. The molecule has 0 amide bonds. The van der Waals surface area contributed by atoms with Crippen LogP contribution in [0.15, 0.2) is 6.07 Å². The Balaban J connectivity index is 3.03. The normalized spacial score (nSPS) is 12.6. The van der Waals surface area contributed by atoms with Crippen LogP contribution in [-0.2, 0) is 6.42 Å². The van der Waals surface area contributed by atoms with Crippen LogP contribution in [0, 0.1) is 5.92 Å². The third kappa shape index (κ3) is 4.37. The smallest absolute Gasteiger partial charge is 0.134 e. The molecule has 1 atom stereocenters. The first-order chi connectivity index (χ1) is 8.99. The standard InChI is InChI=1S/C15H28N4/c1-7-9-13-17-14(16-8-2)10-15(18-13)19(6)12(5)11(3)4/h10-12H,7-9H2,1-6H3,(H,16,17,18). The zero-order valence-corrected chi connectivity index (χ0v) is 13.2. The molecule has 1 rings (SSSR count). The Bertz CT molecular complexity index is 365. The minimum atomic E-state index is 0.457. The van der Waals surface area contributed by atoms with Crippen molar-refractivity contribution in [2.75, 3.05) is 23.8 Å². The number of hydrogen-bond acceptors (Lipinski definition) is 4. The Morgan fingerprint density at radius 3 is 2.42 bits per heavy atom. The highest BCUT2D eigenvalue weighted by Crippen LogP contribution is 2.20. The van der Waals surface area contributed by atoms with Crippen LogP contribution >= 0.6 is 0 Å². The van der Waals surface area contributed by atoms with Crippen molar-refractivity contribution in [3.63, 3.8) is 0 Å². The van der Waals surface area contributed by atoms with E-state index in [0.717, 1.165) is 36.8 Å². The van der Waals surface area contributed by atoms with Crippen molar-refractivity contribution < 1.29 is 0 Å². The Hall–Kier alpha value is -1.32. The molecule has 4 heteroatoms. The van der Waals surface area contributed by atoms with E-state index < -0.39 is 0 Å². The van der Waals surface area contributed by atoms with Crippen molar-refractivity contribution in [1.82, 2.24) is 9.97 Å². The van der Waals surface area contributed by atoms with Gasteiger partial charge in [0.05, 0.1) is 0 Å². The van der Waals surface area contributed by atoms with Crippen LogP contribution < -0.4 is 10.2 Å². The minimum absolute atomic E-state index is 0.457. The molecule has 0 fully saturated rings. The quantitative estimate of drug-likeness (QED) is 0.820. The summed E-state index contributed by atoms with van der Waals surface area (Å²) in [5, 5.41) is 3.29. The molecule has 0 aliphatic rings. The summed E-state index contributed by atoms with van der Waals surface area (Å²) >= 11 is 0. The van der Waals surface area contributed by atoms with Gasteiger partial charge in [0, 0.05) is 32.1 Å².